The van der Waals surface area contributed by atoms with Crippen molar-refractivity contribution in [1.82, 2.24) is 18.7 Å². The summed E-state index contributed by atoms with van der Waals surface area (Å²) in [6.07, 6.45) is 1.84. The number of anilines is 1. The zero-order valence-corrected chi connectivity index (χ0v) is 21.4. The molecule has 1 fully saturated rings. The number of hydrogen-bond acceptors (Lipinski definition) is 7. The van der Waals surface area contributed by atoms with Gasteiger partial charge in [0.2, 0.25) is 5.95 Å². The topological polar surface area (TPSA) is 115 Å². The van der Waals surface area contributed by atoms with Crippen LogP contribution in [-0.2, 0) is 13.1 Å². The molecule has 1 unspecified atom stereocenters. The number of hydrogen-bond donors (Lipinski definition) is 1. The predicted molar refractivity (Wildman–Crippen MR) is 144 cm³/mol. The van der Waals surface area contributed by atoms with Crippen LogP contribution in [0.1, 0.15) is 37.8 Å². The summed E-state index contributed by atoms with van der Waals surface area (Å²) in [6.45, 7) is 10.4. The number of rotatable bonds is 7. The molecular formula is C26H31FN8O2. The molecule has 2 aromatic heterocycles. The third kappa shape index (κ3) is 5.11. The van der Waals surface area contributed by atoms with Crippen LogP contribution in [0.4, 0.5) is 16.0 Å². The van der Waals surface area contributed by atoms with E-state index in [0.717, 1.165) is 24.0 Å². The van der Waals surface area contributed by atoms with E-state index in [1.165, 1.54) is 22.7 Å². The molecule has 0 amide bonds. The average molecular weight is 507 g/mol. The zero-order chi connectivity index (χ0) is 26.7. The van der Waals surface area contributed by atoms with Crippen LogP contribution in [0.15, 0.2) is 37.8 Å². The number of aliphatic imine (C=N–C) groups is 2. The van der Waals surface area contributed by atoms with Crippen molar-refractivity contribution in [3.05, 3.63) is 56.0 Å². The molecule has 1 aliphatic rings. The van der Waals surface area contributed by atoms with Crippen LogP contribution >= 0.6 is 0 Å². The number of piperidine rings is 1. The van der Waals surface area contributed by atoms with Gasteiger partial charge >= 0.3 is 5.69 Å². The lowest BCUT2D eigenvalue weighted by Gasteiger charge is -2.31. The summed E-state index contributed by atoms with van der Waals surface area (Å²) in [5, 5.41) is 0. The Morgan fingerprint density at radius 2 is 2.14 bits per heavy atom. The monoisotopic (exact) mass is 506 g/mol. The van der Waals surface area contributed by atoms with E-state index in [0.29, 0.717) is 40.7 Å². The Bertz CT molecular complexity index is 1550. The van der Waals surface area contributed by atoms with Crippen molar-refractivity contribution in [3.63, 3.8) is 0 Å². The highest BCUT2D eigenvalue weighted by atomic mass is 19.1. The first kappa shape index (κ1) is 26.0. The van der Waals surface area contributed by atoms with E-state index in [9.17, 15) is 14.0 Å². The molecule has 3 heterocycles. The van der Waals surface area contributed by atoms with Crippen molar-refractivity contribution in [2.24, 2.45) is 15.7 Å². The van der Waals surface area contributed by atoms with Gasteiger partial charge in [-0.2, -0.15) is 9.50 Å². The minimum atomic E-state index is -0.518. The van der Waals surface area contributed by atoms with Gasteiger partial charge in [0.05, 0.1) is 24.3 Å². The first-order valence-electron chi connectivity index (χ1n) is 12.2. The molecule has 0 spiro atoms. The first-order chi connectivity index (χ1) is 17.8. The van der Waals surface area contributed by atoms with Gasteiger partial charge in [0, 0.05) is 30.4 Å². The molecule has 0 bridgehead atoms. The van der Waals surface area contributed by atoms with Gasteiger partial charge in [0.25, 0.3) is 5.56 Å². The van der Waals surface area contributed by atoms with Gasteiger partial charge in [-0.15, -0.1) is 5.92 Å². The van der Waals surface area contributed by atoms with Crippen LogP contribution in [0.2, 0.25) is 0 Å². The smallest absolute Gasteiger partial charge is 0.339 e. The second-order valence-corrected chi connectivity index (χ2v) is 9.03. The van der Waals surface area contributed by atoms with Gasteiger partial charge in [-0.25, -0.2) is 13.9 Å². The highest BCUT2D eigenvalue weighted by molar-refractivity contribution is 6.03. The third-order valence-electron chi connectivity index (χ3n) is 6.53. The number of benzene rings is 1. The molecule has 1 aromatic carbocycles. The molecule has 1 aliphatic heterocycles. The van der Waals surface area contributed by atoms with Crippen LogP contribution in [0, 0.1) is 24.6 Å². The van der Waals surface area contributed by atoms with E-state index < -0.39 is 17.1 Å². The molecule has 0 aliphatic carbocycles. The quantitative estimate of drug-likeness (QED) is 0.388. The number of halogens is 1. The van der Waals surface area contributed by atoms with Crippen LogP contribution in [-0.4, -0.2) is 56.9 Å². The van der Waals surface area contributed by atoms with Crippen LogP contribution in [0.3, 0.4) is 0 Å². The van der Waals surface area contributed by atoms with Crippen molar-refractivity contribution in [3.8, 4) is 11.8 Å². The third-order valence-corrected chi connectivity index (χ3v) is 6.53. The number of aromatic nitrogens is 4. The molecule has 194 valence electrons. The molecule has 10 nitrogen and oxygen atoms in total. The Kier molecular flexibility index (Phi) is 7.69. The molecule has 37 heavy (non-hydrogen) atoms. The number of nitrogens with zero attached hydrogens (tertiary/aromatic N) is 7. The van der Waals surface area contributed by atoms with Crippen molar-refractivity contribution in [2.45, 2.75) is 52.7 Å². The van der Waals surface area contributed by atoms with E-state index >= 15 is 0 Å². The first-order valence-corrected chi connectivity index (χ1v) is 12.2. The summed E-state index contributed by atoms with van der Waals surface area (Å²) in [5.74, 6) is 6.02. The average Bonchev–Trinajstić information content (AvgIpc) is 3.27. The Labute approximate surface area is 214 Å². The number of nitrogens with two attached hydrogens (primary N) is 1. The van der Waals surface area contributed by atoms with Crippen LogP contribution < -0.4 is 21.9 Å². The van der Waals surface area contributed by atoms with E-state index in [1.54, 1.807) is 25.5 Å². The summed E-state index contributed by atoms with van der Waals surface area (Å²) < 4.78 is 18.1. The fourth-order valence-electron chi connectivity index (χ4n) is 4.60. The zero-order valence-electron chi connectivity index (χ0n) is 21.4. The van der Waals surface area contributed by atoms with Gasteiger partial charge in [-0.1, -0.05) is 5.92 Å². The van der Waals surface area contributed by atoms with Crippen molar-refractivity contribution >= 4 is 29.7 Å². The summed E-state index contributed by atoms with van der Waals surface area (Å²) in [5.41, 5.74) is 7.44. The second kappa shape index (κ2) is 10.9. The minimum absolute atomic E-state index is 0.00749. The molecule has 1 atom stereocenters. The molecule has 2 N–H and O–H groups in total. The van der Waals surface area contributed by atoms with Gasteiger partial charge in [0.1, 0.15) is 12.4 Å². The molecule has 11 heteroatoms. The highest BCUT2D eigenvalue weighted by Crippen LogP contribution is 2.21. The van der Waals surface area contributed by atoms with Gasteiger partial charge in [0.15, 0.2) is 5.65 Å². The maximum Gasteiger partial charge on any atom is 0.352 e. The van der Waals surface area contributed by atoms with E-state index in [4.69, 9.17) is 10.7 Å². The largest absolute Gasteiger partial charge is 0.352 e. The van der Waals surface area contributed by atoms with Gasteiger partial charge in [-0.3, -0.25) is 19.3 Å². The lowest BCUT2D eigenvalue weighted by atomic mass is 10.1. The minimum Gasteiger partial charge on any atom is -0.339 e. The standard InChI is InChI=1S/C26H31FN8O2/c1-5-6-13-34-25(32-12-7-8-20(28)16-32)31-23-17(2)24(36)33(26(37)35(23)34)14-11-30-18(3)21-15-19(27)9-10-22(21)29-4/h9-10,15,20H,4,7-8,11-14,16,28H2,1-3H3. The van der Waals surface area contributed by atoms with Crippen molar-refractivity contribution in [2.75, 3.05) is 24.5 Å². The van der Waals surface area contributed by atoms with Crippen LogP contribution in [0.25, 0.3) is 5.65 Å². The number of aryl methyl sites for hydroxylation is 1. The molecule has 4 rings (SSSR count). The normalized spacial score (nSPS) is 16.1. The SMILES string of the molecule is C=Nc1ccc(F)cc1C(C)=NCCn1c(=O)c(C)c2nc(N3CCCC(N)C3)n(CC#CC)n2c1=O. The van der Waals surface area contributed by atoms with E-state index in [2.05, 4.69) is 28.5 Å². The molecule has 1 saturated heterocycles. The Morgan fingerprint density at radius 1 is 1.35 bits per heavy atom. The lowest BCUT2D eigenvalue weighted by molar-refractivity contribution is 0.484. The fourth-order valence-corrected chi connectivity index (χ4v) is 4.60. The molecule has 0 saturated carbocycles. The van der Waals surface area contributed by atoms with E-state index in [1.807, 2.05) is 4.90 Å². The summed E-state index contributed by atoms with van der Waals surface area (Å²) >= 11 is 0. The lowest BCUT2D eigenvalue weighted by Crippen LogP contribution is -2.44. The second-order valence-electron chi connectivity index (χ2n) is 9.03. The van der Waals surface area contributed by atoms with Gasteiger partial charge < -0.3 is 10.6 Å². The Hall–Kier alpha value is -4.04. The summed E-state index contributed by atoms with van der Waals surface area (Å²) in [7, 11) is 0. The maximum absolute atomic E-state index is 13.8. The predicted octanol–water partition coefficient (Wildman–Crippen LogP) is 1.90. The molecular weight excluding hydrogens is 475 g/mol. The van der Waals surface area contributed by atoms with Gasteiger partial charge in [-0.05, 0) is 58.5 Å². The van der Waals surface area contributed by atoms with Crippen molar-refractivity contribution in [1.29, 1.82) is 0 Å². The Morgan fingerprint density at radius 3 is 2.84 bits per heavy atom. The fraction of sp³-hybridized carbons (Fsp3) is 0.423. The Balaban J connectivity index is 1.75. The van der Waals surface area contributed by atoms with Crippen LogP contribution in [0.5, 0.6) is 0 Å². The van der Waals surface area contributed by atoms with Crippen molar-refractivity contribution < 1.29 is 4.39 Å². The summed E-state index contributed by atoms with van der Waals surface area (Å²) in [4.78, 5) is 41.9. The molecule has 0 radical (unpaired) electrons. The summed E-state index contributed by atoms with van der Waals surface area (Å²) in [6, 6.07) is 4.17. The van der Waals surface area contributed by atoms with E-state index in [-0.39, 0.29) is 25.7 Å². The maximum atomic E-state index is 13.8. The molecule has 3 aromatic rings. The highest BCUT2D eigenvalue weighted by Gasteiger charge is 2.25. The number of fused-ring (bicyclic) bond motifs is 1.